The van der Waals surface area contributed by atoms with Gasteiger partial charge in [0, 0.05) is 13.0 Å². The lowest BCUT2D eigenvalue weighted by Crippen LogP contribution is -2.35. The summed E-state index contributed by atoms with van der Waals surface area (Å²) in [5, 5.41) is 4.26. The first kappa shape index (κ1) is 13.5. The van der Waals surface area contributed by atoms with Gasteiger partial charge in [-0.3, -0.25) is 4.68 Å². The highest BCUT2D eigenvalue weighted by Gasteiger charge is 2.34. The van der Waals surface area contributed by atoms with Gasteiger partial charge in [-0.25, -0.2) is 4.98 Å². The van der Waals surface area contributed by atoms with Gasteiger partial charge in [-0.1, -0.05) is 13.8 Å². The molecule has 0 aromatic carbocycles. The molecular weight excluding hydrogens is 224 g/mol. The Morgan fingerprint density at radius 2 is 2.22 bits per heavy atom. The van der Waals surface area contributed by atoms with Gasteiger partial charge in [0.05, 0.1) is 0 Å². The van der Waals surface area contributed by atoms with E-state index in [2.05, 4.69) is 30.9 Å². The largest absolute Gasteiger partial charge is 0.330 e. The normalized spacial score (nSPS) is 27.3. The van der Waals surface area contributed by atoms with Gasteiger partial charge < -0.3 is 5.73 Å². The fourth-order valence-corrected chi connectivity index (χ4v) is 3.28. The molecule has 4 heteroatoms. The van der Waals surface area contributed by atoms with Crippen LogP contribution in [-0.4, -0.2) is 21.3 Å². The second-order valence-corrected chi connectivity index (χ2v) is 6.36. The van der Waals surface area contributed by atoms with Crippen molar-refractivity contribution in [2.24, 2.45) is 23.0 Å². The molecule has 1 heterocycles. The molecule has 2 rings (SSSR count). The van der Waals surface area contributed by atoms with Crippen molar-refractivity contribution in [1.29, 1.82) is 0 Å². The van der Waals surface area contributed by atoms with E-state index < -0.39 is 0 Å². The Morgan fingerprint density at radius 3 is 2.89 bits per heavy atom. The van der Waals surface area contributed by atoms with E-state index in [4.69, 9.17) is 5.73 Å². The third-order valence-corrected chi connectivity index (χ3v) is 4.42. The van der Waals surface area contributed by atoms with E-state index in [1.807, 2.05) is 4.68 Å². The molecule has 0 saturated heterocycles. The molecule has 102 valence electrons. The quantitative estimate of drug-likeness (QED) is 0.891. The molecule has 1 aliphatic rings. The Labute approximate surface area is 110 Å². The van der Waals surface area contributed by atoms with Gasteiger partial charge in [-0.05, 0) is 50.0 Å². The summed E-state index contributed by atoms with van der Waals surface area (Å²) in [4.78, 5) is 4.41. The summed E-state index contributed by atoms with van der Waals surface area (Å²) in [5.41, 5.74) is 6.39. The van der Waals surface area contributed by atoms with Crippen LogP contribution >= 0.6 is 0 Å². The van der Waals surface area contributed by atoms with E-state index in [0.717, 1.165) is 25.3 Å². The van der Waals surface area contributed by atoms with Crippen molar-refractivity contribution in [1.82, 2.24) is 14.8 Å². The maximum atomic E-state index is 5.94. The third kappa shape index (κ3) is 2.91. The van der Waals surface area contributed by atoms with Crippen molar-refractivity contribution in [3.05, 3.63) is 12.2 Å². The van der Waals surface area contributed by atoms with Crippen LogP contribution in [0.1, 0.15) is 45.9 Å². The number of nitrogens with zero attached hydrogens (tertiary/aromatic N) is 3. The van der Waals surface area contributed by atoms with Crippen molar-refractivity contribution < 1.29 is 0 Å². The van der Waals surface area contributed by atoms with Gasteiger partial charge in [-0.15, -0.1) is 0 Å². The van der Waals surface area contributed by atoms with E-state index >= 15 is 0 Å². The summed E-state index contributed by atoms with van der Waals surface area (Å²) < 4.78 is 2.01. The molecule has 2 N–H and O–H groups in total. The topological polar surface area (TPSA) is 56.7 Å². The number of nitrogens with two attached hydrogens (primary N) is 1. The van der Waals surface area contributed by atoms with Crippen molar-refractivity contribution >= 4 is 0 Å². The molecule has 1 aromatic heterocycles. The first-order valence-electron chi connectivity index (χ1n) is 7.12. The third-order valence-electron chi connectivity index (χ3n) is 4.42. The number of hydrogen-bond donors (Lipinski definition) is 1. The second kappa shape index (κ2) is 5.39. The fraction of sp³-hybridized carbons (Fsp3) is 0.857. The lowest BCUT2D eigenvalue weighted by atomic mass is 9.66. The van der Waals surface area contributed by atoms with Gasteiger partial charge in [0.25, 0.3) is 0 Å². The van der Waals surface area contributed by atoms with E-state index in [1.165, 1.54) is 19.3 Å². The molecule has 0 amide bonds. The Kier molecular flexibility index (Phi) is 4.05. The van der Waals surface area contributed by atoms with Crippen LogP contribution in [0.15, 0.2) is 6.33 Å². The summed E-state index contributed by atoms with van der Waals surface area (Å²) in [5.74, 6) is 2.44. The zero-order valence-corrected chi connectivity index (χ0v) is 11.9. The monoisotopic (exact) mass is 250 g/mol. The minimum absolute atomic E-state index is 0.452. The summed E-state index contributed by atoms with van der Waals surface area (Å²) in [6, 6.07) is 0. The van der Waals surface area contributed by atoms with Crippen LogP contribution in [0.5, 0.6) is 0 Å². The van der Waals surface area contributed by atoms with Crippen LogP contribution in [0.4, 0.5) is 0 Å². The average Bonchev–Trinajstić information content (AvgIpc) is 2.75. The number of aryl methyl sites for hydroxylation is 1. The van der Waals surface area contributed by atoms with Crippen LogP contribution in [0, 0.1) is 17.3 Å². The Morgan fingerprint density at radius 1 is 1.44 bits per heavy atom. The van der Waals surface area contributed by atoms with Crippen LogP contribution in [0.25, 0.3) is 0 Å². The zero-order chi connectivity index (χ0) is 13.2. The lowest BCUT2D eigenvalue weighted by Gasteiger charge is -2.40. The van der Waals surface area contributed by atoms with Crippen LogP contribution in [-0.2, 0) is 13.0 Å². The number of rotatable bonds is 4. The number of hydrogen-bond acceptors (Lipinski definition) is 3. The summed E-state index contributed by atoms with van der Waals surface area (Å²) in [6.07, 6.45) is 6.51. The van der Waals surface area contributed by atoms with Crippen LogP contribution in [0.3, 0.4) is 0 Å². The fourth-order valence-electron chi connectivity index (χ4n) is 3.28. The molecule has 2 unspecified atom stereocenters. The molecule has 2 atom stereocenters. The average molecular weight is 250 g/mol. The predicted molar refractivity (Wildman–Crippen MR) is 73.1 cm³/mol. The molecule has 0 spiro atoms. The van der Waals surface area contributed by atoms with Gasteiger partial charge in [-0.2, -0.15) is 5.10 Å². The van der Waals surface area contributed by atoms with Gasteiger partial charge >= 0.3 is 0 Å². The van der Waals surface area contributed by atoms with E-state index in [-0.39, 0.29) is 0 Å². The summed E-state index contributed by atoms with van der Waals surface area (Å²) in [6.45, 7) is 8.57. The SMILES string of the molecule is CCn1ncnc1CC1CC(C)(C)CCC1CN. The second-order valence-electron chi connectivity index (χ2n) is 6.36. The predicted octanol–water partition coefficient (Wildman–Crippen LogP) is 2.24. The van der Waals surface area contributed by atoms with Gasteiger partial charge in [0.1, 0.15) is 12.2 Å². The smallest absolute Gasteiger partial charge is 0.138 e. The molecule has 0 bridgehead atoms. The first-order chi connectivity index (χ1) is 8.55. The molecule has 1 aromatic rings. The minimum atomic E-state index is 0.452. The van der Waals surface area contributed by atoms with Crippen LogP contribution < -0.4 is 5.73 Å². The molecule has 4 nitrogen and oxygen atoms in total. The zero-order valence-electron chi connectivity index (χ0n) is 11.9. The van der Waals surface area contributed by atoms with Crippen molar-refractivity contribution in [2.75, 3.05) is 6.54 Å². The molecule has 1 fully saturated rings. The Bertz CT molecular complexity index is 383. The summed E-state index contributed by atoms with van der Waals surface area (Å²) >= 11 is 0. The number of aromatic nitrogens is 3. The highest BCUT2D eigenvalue weighted by molar-refractivity contribution is 4.93. The Balaban J connectivity index is 2.09. The molecule has 1 saturated carbocycles. The summed E-state index contributed by atoms with van der Waals surface area (Å²) in [7, 11) is 0. The molecule has 1 aliphatic carbocycles. The molecule has 0 aliphatic heterocycles. The standard InChI is InChI=1S/C14H26N4/c1-4-18-13(16-10-17-18)7-12-8-14(2,3)6-5-11(12)9-15/h10-12H,4-9,15H2,1-3H3. The van der Waals surface area contributed by atoms with E-state index in [0.29, 0.717) is 17.3 Å². The van der Waals surface area contributed by atoms with Gasteiger partial charge in [0.15, 0.2) is 0 Å². The minimum Gasteiger partial charge on any atom is -0.330 e. The molecule has 18 heavy (non-hydrogen) atoms. The van der Waals surface area contributed by atoms with Crippen LogP contribution in [0.2, 0.25) is 0 Å². The maximum Gasteiger partial charge on any atom is 0.138 e. The van der Waals surface area contributed by atoms with Crippen molar-refractivity contribution in [2.45, 2.75) is 53.0 Å². The molecular formula is C14H26N4. The highest BCUT2D eigenvalue weighted by atomic mass is 15.3. The van der Waals surface area contributed by atoms with E-state index in [9.17, 15) is 0 Å². The van der Waals surface area contributed by atoms with Crippen molar-refractivity contribution in [3.8, 4) is 0 Å². The van der Waals surface area contributed by atoms with Gasteiger partial charge in [0.2, 0.25) is 0 Å². The lowest BCUT2D eigenvalue weighted by molar-refractivity contribution is 0.119. The molecule has 0 radical (unpaired) electrons. The first-order valence-corrected chi connectivity index (χ1v) is 7.12. The Hall–Kier alpha value is -0.900. The highest BCUT2D eigenvalue weighted by Crippen LogP contribution is 2.42. The van der Waals surface area contributed by atoms with E-state index in [1.54, 1.807) is 6.33 Å². The maximum absolute atomic E-state index is 5.94. The van der Waals surface area contributed by atoms with Crippen molar-refractivity contribution in [3.63, 3.8) is 0 Å².